The van der Waals surface area contributed by atoms with Gasteiger partial charge in [-0.05, 0) is 43.5 Å². The first kappa shape index (κ1) is 21.8. The highest BCUT2D eigenvalue weighted by atomic mass is 16.5. The van der Waals surface area contributed by atoms with Crippen molar-refractivity contribution in [3.05, 3.63) is 52.3 Å². The molecule has 0 N–H and O–H groups in total. The quantitative estimate of drug-likeness (QED) is 0.621. The van der Waals surface area contributed by atoms with Crippen LogP contribution >= 0.6 is 0 Å². The Hall–Kier alpha value is -3.42. The molecule has 0 unspecified atom stereocenters. The third-order valence-electron chi connectivity index (χ3n) is 5.97. The Labute approximate surface area is 187 Å². The number of pyridine rings is 1. The molecule has 4 rings (SSSR count). The van der Waals surface area contributed by atoms with Crippen molar-refractivity contribution in [2.45, 2.75) is 33.6 Å². The number of aryl methyl sites for hydroxylation is 2. The van der Waals surface area contributed by atoms with Crippen LogP contribution in [0.15, 0.2) is 28.8 Å². The van der Waals surface area contributed by atoms with Crippen LogP contribution in [-0.2, 0) is 0 Å². The Morgan fingerprint density at radius 1 is 1.03 bits per heavy atom. The largest absolute Gasteiger partial charge is 0.496 e. The summed E-state index contributed by atoms with van der Waals surface area (Å²) in [4.78, 5) is 34.5. The van der Waals surface area contributed by atoms with E-state index in [0.29, 0.717) is 59.8 Å². The zero-order chi connectivity index (χ0) is 23.0. The molecular formula is C24H28N4O4. The van der Waals surface area contributed by atoms with E-state index in [-0.39, 0.29) is 17.7 Å². The molecule has 8 heteroatoms. The predicted molar refractivity (Wildman–Crippen MR) is 120 cm³/mol. The third kappa shape index (κ3) is 3.92. The lowest BCUT2D eigenvalue weighted by Gasteiger charge is -2.35. The molecule has 0 spiro atoms. The Morgan fingerprint density at radius 2 is 1.69 bits per heavy atom. The van der Waals surface area contributed by atoms with Crippen LogP contribution in [0.2, 0.25) is 0 Å². The Balaban J connectivity index is 1.52. The summed E-state index contributed by atoms with van der Waals surface area (Å²) in [7, 11) is 1.60. The minimum absolute atomic E-state index is 0.0568. The maximum absolute atomic E-state index is 13.4. The number of fused-ring (bicyclic) bond motifs is 1. The van der Waals surface area contributed by atoms with Gasteiger partial charge in [-0.25, -0.2) is 4.98 Å². The lowest BCUT2D eigenvalue weighted by Crippen LogP contribution is -2.50. The molecular weight excluding hydrogens is 408 g/mol. The fourth-order valence-corrected chi connectivity index (χ4v) is 4.00. The maximum atomic E-state index is 13.4. The Bertz CT molecular complexity index is 1180. The molecule has 2 amide bonds. The second kappa shape index (κ2) is 8.61. The van der Waals surface area contributed by atoms with Gasteiger partial charge in [0.2, 0.25) is 0 Å². The number of benzene rings is 1. The summed E-state index contributed by atoms with van der Waals surface area (Å²) < 4.78 is 10.7. The number of amides is 2. The summed E-state index contributed by atoms with van der Waals surface area (Å²) in [5.41, 5.74) is 3.95. The van der Waals surface area contributed by atoms with Gasteiger partial charge in [-0.15, -0.1) is 0 Å². The highest BCUT2D eigenvalue weighted by Crippen LogP contribution is 2.27. The van der Waals surface area contributed by atoms with Crippen molar-refractivity contribution in [3.8, 4) is 5.75 Å². The van der Waals surface area contributed by atoms with Crippen LogP contribution < -0.4 is 4.74 Å². The highest BCUT2D eigenvalue weighted by molar-refractivity contribution is 6.06. The molecule has 0 aliphatic carbocycles. The summed E-state index contributed by atoms with van der Waals surface area (Å²) in [6.45, 7) is 9.65. The van der Waals surface area contributed by atoms with Gasteiger partial charge in [-0.1, -0.05) is 25.1 Å². The summed E-state index contributed by atoms with van der Waals surface area (Å²) in [6, 6.07) is 7.31. The van der Waals surface area contributed by atoms with Gasteiger partial charge in [0.1, 0.15) is 5.75 Å². The first-order valence-corrected chi connectivity index (χ1v) is 10.8. The van der Waals surface area contributed by atoms with E-state index >= 15 is 0 Å². The molecule has 1 fully saturated rings. The van der Waals surface area contributed by atoms with Crippen molar-refractivity contribution in [2.24, 2.45) is 0 Å². The van der Waals surface area contributed by atoms with Gasteiger partial charge in [-0.2, -0.15) is 0 Å². The maximum Gasteiger partial charge on any atom is 0.259 e. The average Bonchev–Trinajstić information content (AvgIpc) is 3.18. The number of piperazine rings is 1. The predicted octanol–water partition coefficient (Wildman–Crippen LogP) is 3.57. The number of carbonyl (C=O) groups is 2. The van der Waals surface area contributed by atoms with Gasteiger partial charge in [-0.3, -0.25) is 9.59 Å². The second-order valence-corrected chi connectivity index (χ2v) is 8.47. The molecule has 3 heterocycles. The summed E-state index contributed by atoms with van der Waals surface area (Å²) in [6.07, 6.45) is 0. The van der Waals surface area contributed by atoms with Gasteiger partial charge >= 0.3 is 0 Å². The molecule has 8 nitrogen and oxygen atoms in total. The minimum atomic E-state index is -0.0882. The molecule has 32 heavy (non-hydrogen) atoms. The van der Waals surface area contributed by atoms with Crippen molar-refractivity contribution in [1.82, 2.24) is 19.9 Å². The molecule has 0 bridgehead atoms. The number of ether oxygens (including phenoxy) is 1. The van der Waals surface area contributed by atoms with E-state index in [1.807, 2.05) is 45.9 Å². The van der Waals surface area contributed by atoms with Crippen LogP contribution in [0.5, 0.6) is 5.75 Å². The molecule has 0 atom stereocenters. The SMILES string of the molecule is COc1cc(C(=O)N2CCN(C(=O)c3cc(C(C)C)nc4onc(C)c34)CC2)ccc1C. The van der Waals surface area contributed by atoms with Gasteiger partial charge in [0, 0.05) is 37.4 Å². The number of carbonyl (C=O) groups excluding carboxylic acids is 2. The highest BCUT2D eigenvalue weighted by Gasteiger charge is 2.28. The van der Waals surface area contributed by atoms with E-state index in [0.717, 1.165) is 11.3 Å². The zero-order valence-electron chi connectivity index (χ0n) is 19.1. The van der Waals surface area contributed by atoms with E-state index in [4.69, 9.17) is 9.26 Å². The summed E-state index contributed by atoms with van der Waals surface area (Å²) in [5.74, 6) is 0.696. The topological polar surface area (TPSA) is 88.8 Å². The smallest absolute Gasteiger partial charge is 0.259 e. The number of hydrogen-bond acceptors (Lipinski definition) is 6. The normalized spacial score (nSPS) is 14.3. The number of methoxy groups -OCH3 is 1. The van der Waals surface area contributed by atoms with Crippen LogP contribution in [0.25, 0.3) is 11.1 Å². The molecule has 2 aromatic heterocycles. The van der Waals surface area contributed by atoms with Gasteiger partial charge in [0.25, 0.3) is 17.5 Å². The number of aromatic nitrogens is 2. The first-order valence-electron chi connectivity index (χ1n) is 10.8. The van der Waals surface area contributed by atoms with Crippen molar-refractivity contribution in [3.63, 3.8) is 0 Å². The molecule has 0 saturated carbocycles. The fourth-order valence-electron chi connectivity index (χ4n) is 4.00. The van der Waals surface area contributed by atoms with Crippen LogP contribution in [0, 0.1) is 13.8 Å². The molecule has 168 valence electrons. The van der Waals surface area contributed by atoms with E-state index in [2.05, 4.69) is 10.1 Å². The molecule has 1 aliphatic heterocycles. The molecule has 3 aromatic rings. The lowest BCUT2D eigenvalue weighted by atomic mass is 10.0. The average molecular weight is 437 g/mol. The lowest BCUT2D eigenvalue weighted by molar-refractivity contribution is 0.0536. The summed E-state index contributed by atoms with van der Waals surface area (Å²) in [5, 5.41) is 4.66. The van der Waals surface area contributed by atoms with E-state index < -0.39 is 0 Å². The zero-order valence-corrected chi connectivity index (χ0v) is 19.1. The van der Waals surface area contributed by atoms with Crippen molar-refractivity contribution < 1.29 is 18.8 Å². The van der Waals surface area contributed by atoms with E-state index in [9.17, 15) is 9.59 Å². The van der Waals surface area contributed by atoms with Crippen molar-refractivity contribution in [1.29, 1.82) is 0 Å². The molecule has 1 saturated heterocycles. The van der Waals surface area contributed by atoms with Crippen LogP contribution in [0.3, 0.4) is 0 Å². The molecule has 1 aromatic carbocycles. The Morgan fingerprint density at radius 3 is 2.31 bits per heavy atom. The van der Waals surface area contributed by atoms with Crippen LogP contribution in [-0.4, -0.2) is 65.0 Å². The van der Waals surface area contributed by atoms with Crippen LogP contribution in [0.1, 0.15) is 57.4 Å². The molecule has 0 radical (unpaired) electrons. The van der Waals surface area contributed by atoms with Crippen molar-refractivity contribution in [2.75, 3.05) is 33.3 Å². The monoisotopic (exact) mass is 436 g/mol. The van der Waals surface area contributed by atoms with Gasteiger partial charge in [0.15, 0.2) is 0 Å². The Kier molecular flexibility index (Phi) is 5.86. The number of rotatable bonds is 4. The van der Waals surface area contributed by atoms with Crippen molar-refractivity contribution >= 4 is 22.9 Å². The standard InChI is InChI=1S/C24H28N4O4/c1-14(2)19-13-18(21-16(4)26-32-22(21)25-19)24(30)28-10-8-27(9-11-28)23(29)17-7-6-15(3)20(12-17)31-5/h6-7,12-14H,8-11H2,1-5H3. The summed E-state index contributed by atoms with van der Waals surface area (Å²) >= 11 is 0. The number of hydrogen-bond donors (Lipinski definition) is 0. The van der Waals surface area contributed by atoms with E-state index in [1.54, 1.807) is 23.0 Å². The van der Waals surface area contributed by atoms with Gasteiger partial charge in [0.05, 0.1) is 23.8 Å². The fraction of sp³-hybridized carbons (Fsp3) is 0.417. The first-order chi connectivity index (χ1) is 15.3. The second-order valence-electron chi connectivity index (χ2n) is 8.47. The van der Waals surface area contributed by atoms with Crippen LogP contribution in [0.4, 0.5) is 0 Å². The molecule has 1 aliphatic rings. The number of nitrogens with zero attached hydrogens (tertiary/aromatic N) is 4. The van der Waals surface area contributed by atoms with Gasteiger partial charge < -0.3 is 19.1 Å². The van der Waals surface area contributed by atoms with E-state index in [1.165, 1.54) is 0 Å². The minimum Gasteiger partial charge on any atom is -0.496 e. The third-order valence-corrected chi connectivity index (χ3v) is 5.97.